The molecule has 2 aliphatic rings. The Labute approximate surface area is 92.1 Å². The molecule has 0 atom stereocenters. The second-order valence-electron chi connectivity index (χ2n) is 5.01. The maximum absolute atomic E-state index is 9.48. The highest BCUT2D eigenvalue weighted by Gasteiger charge is 2.32. The highest BCUT2D eigenvalue weighted by atomic mass is 16.3. The summed E-state index contributed by atoms with van der Waals surface area (Å²) in [6.07, 6.45) is 7.99. The van der Waals surface area contributed by atoms with Crippen LogP contribution in [0.5, 0.6) is 0 Å². The van der Waals surface area contributed by atoms with Crippen LogP contribution in [0.1, 0.15) is 44.9 Å². The van der Waals surface area contributed by atoms with E-state index in [9.17, 15) is 5.11 Å². The van der Waals surface area contributed by atoms with Gasteiger partial charge >= 0.3 is 0 Å². The standard InChI is InChI=1S/C12H23NO2/c14-9-8-13(10-2-1-3-10)11-4-6-12(15)7-5-11/h10-12,14-15H,1-9H2. The van der Waals surface area contributed by atoms with E-state index in [0.717, 1.165) is 38.3 Å². The highest BCUT2D eigenvalue weighted by Crippen LogP contribution is 2.31. The molecule has 0 aromatic carbocycles. The van der Waals surface area contributed by atoms with E-state index in [1.165, 1.54) is 19.3 Å². The van der Waals surface area contributed by atoms with Crippen LogP contribution in [-0.2, 0) is 0 Å². The van der Waals surface area contributed by atoms with Crippen molar-refractivity contribution in [2.24, 2.45) is 0 Å². The van der Waals surface area contributed by atoms with Crippen molar-refractivity contribution >= 4 is 0 Å². The van der Waals surface area contributed by atoms with Gasteiger partial charge in [0.05, 0.1) is 12.7 Å². The molecule has 0 radical (unpaired) electrons. The molecule has 3 heteroatoms. The molecule has 0 unspecified atom stereocenters. The summed E-state index contributed by atoms with van der Waals surface area (Å²) in [6.45, 7) is 1.10. The summed E-state index contributed by atoms with van der Waals surface area (Å²) >= 11 is 0. The Hall–Kier alpha value is -0.120. The largest absolute Gasteiger partial charge is 0.395 e. The summed E-state index contributed by atoms with van der Waals surface area (Å²) < 4.78 is 0. The van der Waals surface area contributed by atoms with Gasteiger partial charge in [-0.2, -0.15) is 0 Å². The first-order chi connectivity index (χ1) is 7.31. The van der Waals surface area contributed by atoms with Gasteiger partial charge in [-0.3, -0.25) is 4.90 Å². The maximum atomic E-state index is 9.48. The minimum absolute atomic E-state index is 0.0707. The fourth-order valence-electron chi connectivity index (χ4n) is 2.89. The van der Waals surface area contributed by atoms with Crippen molar-refractivity contribution in [2.45, 2.75) is 63.1 Å². The third-order valence-electron chi connectivity index (χ3n) is 4.04. The van der Waals surface area contributed by atoms with E-state index in [1.807, 2.05) is 0 Å². The van der Waals surface area contributed by atoms with E-state index in [0.29, 0.717) is 6.04 Å². The summed E-state index contributed by atoms with van der Waals surface area (Å²) in [5.41, 5.74) is 0. The van der Waals surface area contributed by atoms with Gasteiger partial charge in [-0.25, -0.2) is 0 Å². The van der Waals surface area contributed by atoms with Crippen molar-refractivity contribution < 1.29 is 10.2 Å². The molecule has 0 aliphatic heterocycles. The molecular formula is C12H23NO2. The normalized spacial score (nSPS) is 33.0. The predicted octanol–water partition coefficient (Wildman–Crippen LogP) is 1.14. The fourth-order valence-corrected chi connectivity index (χ4v) is 2.89. The first-order valence-electron chi connectivity index (χ1n) is 6.36. The lowest BCUT2D eigenvalue weighted by molar-refractivity contribution is 0.0182. The predicted molar refractivity (Wildman–Crippen MR) is 59.7 cm³/mol. The maximum Gasteiger partial charge on any atom is 0.0558 e. The van der Waals surface area contributed by atoms with Crippen LogP contribution in [0, 0.1) is 0 Å². The van der Waals surface area contributed by atoms with Gasteiger partial charge in [0.15, 0.2) is 0 Å². The Morgan fingerprint density at radius 3 is 2.00 bits per heavy atom. The molecule has 2 fully saturated rings. The van der Waals surface area contributed by atoms with Gasteiger partial charge in [0, 0.05) is 18.6 Å². The third-order valence-corrected chi connectivity index (χ3v) is 4.04. The van der Waals surface area contributed by atoms with E-state index < -0.39 is 0 Å². The molecule has 2 rings (SSSR count). The molecule has 0 heterocycles. The number of nitrogens with zero attached hydrogens (tertiary/aromatic N) is 1. The summed E-state index contributed by atoms with van der Waals surface area (Å²) in [5.74, 6) is 0. The monoisotopic (exact) mass is 213 g/mol. The molecule has 15 heavy (non-hydrogen) atoms. The van der Waals surface area contributed by atoms with Crippen LogP contribution in [0.3, 0.4) is 0 Å². The highest BCUT2D eigenvalue weighted by molar-refractivity contribution is 4.87. The topological polar surface area (TPSA) is 43.7 Å². The number of hydrogen-bond donors (Lipinski definition) is 2. The smallest absolute Gasteiger partial charge is 0.0558 e. The van der Waals surface area contributed by atoms with Crippen molar-refractivity contribution in [1.82, 2.24) is 4.90 Å². The van der Waals surface area contributed by atoms with Crippen molar-refractivity contribution in [3.63, 3.8) is 0 Å². The van der Waals surface area contributed by atoms with E-state index >= 15 is 0 Å². The molecule has 0 bridgehead atoms. The second-order valence-corrected chi connectivity index (χ2v) is 5.01. The molecule has 0 aromatic rings. The minimum atomic E-state index is -0.0707. The molecule has 0 amide bonds. The van der Waals surface area contributed by atoms with Crippen molar-refractivity contribution in [3.8, 4) is 0 Å². The molecule has 0 saturated heterocycles. The quantitative estimate of drug-likeness (QED) is 0.736. The zero-order chi connectivity index (χ0) is 10.7. The van der Waals surface area contributed by atoms with E-state index in [4.69, 9.17) is 5.11 Å². The van der Waals surface area contributed by atoms with Crippen LogP contribution < -0.4 is 0 Å². The molecule has 88 valence electrons. The Kier molecular flexibility index (Phi) is 4.00. The Morgan fingerprint density at radius 1 is 0.933 bits per heavy atom. The first-order valence-corrected chi connectivity index (χ1v) is 6.36. The summed E-state index contributed by atoms with van der Waals surface area (Å²) in [4.78, 5) is 2.50. The van der Waals surface area contributed by atoms with Gasteiger partial charge in [0.25, 0.3) is 0 Å². The molecule has 2 N–H and O–H groups in total. The lowest BCUT2D eigenvalue weighted by atomic mass is 9.86. The number of rotatable bonds is 4. The van der Waals surface area contributed by atoms with Gasteiger partial charge < -0.3 is 10.2 Å². The zero-order valence-electron chi connectivity index (χ0n) is 9.44. The SMILES string of the molecule is OCCN(C1CCC1)C1CCC(O)CC1. The van der Waals surface area contributed by atoms with Crippen LogP contribution in [-0.4, -0.2) is 46.5 Å². The summed E-state index contributed by atoms with van der Waals surface area (Å²) in [6, 6.07) is 1.34. The Balaban J connectivity index is 1.86. The molecule has 3 nitrogen and oxygen atoms in total. The van der Waals surface area contributed by atoms with Gasteiger partial charge in [0.1, 0.15) is 0 Å². The molecule has 2 aliphatic carbocycles. The van der Waals surface area contributed by atoms with Crippen molar-refractivity contribution in [2.75, 3.05) is 13.2 Å². The van der Waals surface area contributed by atoms with Gasteiger partial charge in [-0.1, -0.05) is 6.42 Å². The molecule has 0 aromatic heterocycles. The van der Waals surface area contributed by atoms with Crippen LogP contribution in [0.15, 0.2) is 0 Å². The lowest BCUT2D eigenvalue weighted by Crippen LogP contribution is -2.49. The zero-order valence-corrected chi connectivity index (χ0v) is 9.44. The van der Waals surface area contributed by atoms with E-state index in [-0.39, 0.29) is 12.7 Å². The summed E-state index contributed by atoms with van der Waals surface area (Å²) in [7, 11) is 0. The molecular weight excluding hydrogens is 190 g/mol. The fraction of sp³-hybridized carbons (Fsp3) is 1.00. The molecule has 0 spiro atoms. The van der Waals surface area contributed by atoms with Gasteiger partial charge in [-0.15, -0.1) is 0 Å². The lowest BCUT2D eigenvalue weighted by Gasteiger charge is -2.44. The minimum Gasteiger partial charge on any atom is -0.395 e. The van der Waals surface area contributed by atoms with Crippen LogP contribution in [0.2, 0.25) is 0 Å². The average Bonchev–Trinajstić information content (AvgIpc) is 2.16. The molecule has 2 saturated carbocycles. The van der Waals surface area contributed by atoms with Crippen LogP contribution >= 0.6 is 0 Å². The van der Waals surface area contributed by atoms with Crippen LogP contribution in [0.25, 0.3) is 0 Å². The number of aliphatic hydroxyl groups excluding tert-OH is 2. The second kappa shape index (κ2) is 5.28. The van der Waals surface area contributed by atoms with Gasteiger partial charge in [0.2, 0.25) is 0 Å². The first kappa shape index (κ1) is 11.4. The van der Waals surface area contributed by atoms with E-state index in [1.54, 1.807) is 0 Å². The van der Waals surface area contributed by atoms with Gasteiger partial charge in [-0.05, 0) is 38.5 Å². The number of aliphatic hydroxyl groups is 2. The Bertz CT molecular complexity index is 186. The number of hydrogen-bond acceptors (Lipinski definition) is 3. The van der Waals surface area contributed by atoms with Crippen LogP contribution in [0.4, 0.5) is 0 Å². The van der Waals surface area contributed by atoms with Crippen molar-refractivity contribution in [3.05, 3.63) is 0 Å². The average molecular weight is 213 g/mol. The third kappa shape index (κ3) is 2.71. The summed E-state index contributed by atoms with van der Waals surface area (Å²) in [5, 5.41) is 18.6. The van der Waals surface area contributed by atoms with E-state index in [2.05, 4.69) is 4.90 Å². The Morgan fingerprint density at radius 2 is 1.53 bits per heavy atom. The van der Waals surface area contributed by atoms with Crippen molar-refractivity contribution in [1.29, 1.82) is 0 Å².